The first-order chi connectivity index (χ1) is 6.79. The van der Waals surface area contributed by atoms with Crippen molar-refractivity contribution in [2.75, 3.05) is 0 Å². The zero-order valence-electron chi connectivity index (χ0n) is 10.5. The second-order valence-corrected chi connectivity index (χ2v) is 5.60. The molecule has 1 rings (SSSR count). The predicted molar refractivity (Wildman–Crippen MR) is 67.8 cm³/mol. The van der Waals surface area contributed by atoms with Crippen LogP contribution >= 0.6 is 0 Å². The molecule has 1 nitrogen and oxygen atoms in total. The van der Waals surface area contributed by atoms with Gasteiger partial charge in [-0.25, -0.2) is 0 Å². The Labute approximate surface area is 93.6 Å². The molecule has 1 N–H and O–H groups in total. The topological polar surface area (TPSA) is 20.2 Å². The normalized spacial score (nSPS) is 11.6. The van der Waals surface area contributed by atoms with Gasteiger partial charge in [0.2, 0.25) is 0 Å². The fourth-order valence-corrected chi connectivity index (χ4v) is 1.86. The summed E-state index contributed by atoms with van der Waals surface area (Å²) in [6.07, 6.45) is 1.05. The van der Waals surface area contributed by atoms with Crippen molar-refractivity contribution in [2.24, 2.45) is 5.41 Å². The van der Waals surface area contributed by atoms with E-state index in [9.17, 15) is 5.02 Å². The fraction of sp³-hybridized carbons (Fsp3) is 0.538. The molecule has 0 unspecified atom stereocenters. The van der Waals surface area contributed by atoms with Gasteiger partial charge in [-0.2, -0.15) is 0 Å². The van der Waals surface area contributed by atoms with Crippen LogP contribution in [0.3, 0.4) is 0 Å². The minimum absolute atomic E-state index is 0.297. The maximum atomic E-state index is 9.63. The Morgan fingerprint density at radius 3 is 2.33 bits per heavy atom. The van der Waals surface area contributed by atoms with Crippen LogP contribution in [0.4, 0.5) is 0 Å². The molecule has 0 saturated heterocycles. The molecule has 2 heteroatoms. The lowest BCUT2D eigenvalue weighted by Gasteiger charge is -2.19. The zero-order chi connectivity index (χ0) is 11.6. The minimum atomic E-state index is -0.370. The van der Waals surface area contributed by atoms with Crippen LogP contribution in [0.2, 0.25) is 6.82 Å². The van der Waals surface area contributed by atoms with Gasteiger partial charge >= 0.3 is 6.92 Å². The summed E-state index contributed by atoms with van der Waals surface area (Å²) >= 11 is 0. The van der Waals surface area contributed by atoms with E-state index in [1.165, 1.54) is 11.1 Å². The highest BCUT2D eigenvalue weighted by molar-refractivity contribution is 6.65. The van der Waals surface area contributed by atoms with Crippen molar-refractivity contribution < 1.29 is 5.02 Å². The van der Waals surface area contributed by atoms with Gasteiger partial charge in [0.05, 0.1) is 0 Å². The maximum Gasteiger partial charge on any atom is 0.320 e. The second kappa shape index (κ2) is 4.40. The average Bonchev–Trinajstić information content (AvgIpc) is 2.05. The van der Waals surface area contributed by atoms with E-state index >= 15 is 0 Å². The molecule has 0 aliphatic heterocycles. The maximum absolute atomic E-state index is 9.63. The molecule has 1 aromatic carbocycles. The molecule has 0 spiro atoms. The van der Waals surface area contributed by atoms with Gasteiger partial charge in [0.1, 0.15) is 0 Å². The molecule has 1 aromatic rings. The quantitative estimate of drug-likeness (QED) is 0.733. The number of hydrogen-bond acceptors (Lipinski definition) is 1. The third kappa shape index (κ3) is 3.71. The highest BCUT2D eigenvalue weighted by Gasteiger charge is 2.14. The summed E-state index contributed by atoms with van der Waals surface area (Å²) in [5.74, 6) is 0. The summed E-state index contributed by atoms with van der Waals surface area (Å²) in [6, 6.07) is 6.39. The van der Waals surface area contributed by atoms with Crippen molar-refractivity contribution in [3.05, 3.63) is 29.3 Å². The SMILES string of the molecule is CB(O)c1cc(CC(C)(C)C)ccc1C. The van der Waals surface area contributed by atoms with Crippen molar-refractivity contribution in [1.82, 2.24) is 0 Å². The standard InChI is InChI=1S/C13H21BO/c1-10-6-7-11(9-13(2,3)4)8-12(10)14(5)15/h6-8,15H,9H2,1-5H3. The van der Waals surface area contributed by atoms with E-state index in [1.807, 2.05) is 13.7 Å². The lowest BCUT2D eigenvalue weighted by molar-refractivity contribution is 0.411. The zero-order valence-corrected chi connectivity index (χ0v) is 10.5. The summed E-state index contributed by atoms with van der Waals surface area (Å²) in [5.41, 5.74) is 3.83. The third-order valence-electron chi connectivity index (χ3n) is 2.53. The van der Waals surface area contributed by atoms with Crippen LogP contribution in [0.15, 0.2) is 18.2 Å². The highest BCUT2D eigenvalue weighted by Crippen LogP contribution is 2.20. The van der Waals surface area contributed by atoms with E-state index in [-0.39, 0.29) is 6.92 Å². The third-order valence-corrected chi connectivity index (χ3v) is 2.53. The molecule has 0 radical (unpaired) electrons. The molecule has 0 aliphatic carbocycles. The number of aryl methyl sites for hydroxylation is 1. The Hall–Kier alpha value is -0.755. The van der Waals surface area contributed by atoms with Crippen molar-refractivity contribution in [3.8, 4) is 0 Å². The van der Waals surface area contributed by atoms with E-state index in [0.29, 0.717) is 5.41 Å². The van der Waals surface area contributed by atoms with Crippen LogP contribution in [-0.4, -0.2) is 11.9 Å². The monoisotopic (exact) mass is 204 g/mol. The number of hydrogen-bond donors (Lipinski definition) is 1. The summed E-state index contributed by atoms with van der Waals surface area (Å²) in [6.45, 7) is 10.2. The van der Waals surface area contributed by atoms with E-state index < -0.39 is 0 Å². The van der Waals surface area contributed by atoms with Crippen molar-refractivity contribution in [2.45, 2.75) is 40.9 Å². The molecule has 0 amide bonds. The Bertz CT molecular complexity index is 337. The van der Waals surface area contributed by atoms with E-state index in [1.54, 1.807) is 0 Å². The molecule has 0 aliphatic rings. The molecule has 0 atom stereocenters. The first-order valence-electron chi connectivity index (χ1n) is 5.57. The minimum Gasteiger partial charge on any atom is -0.446 e. The molecule has 0 heterocycles. The van der Waals surface area contributed by atoms with Crippen molar-refractivity contribution in [3.63, 3.8) is 0 Å². The number of rotatable bonds is 2. The molecule has 0 fully saturated rings. The molecule has 0 aromatic heterocycles. The largest absolute Gasteiger partial charge is 0.446 e. The van der Waals surface area contributed by atoms with Crippen LogP contribution in [-0.2, 0) is 6.42 Å². The van der Waals surface area contributed by atoms with Gasteiger partial charge < -0.3 is 5.02 Å². The van der Waals surface area contributed by atoms with Crippen LogP contribution in [0.5, 0.6) is 0 Å². The van der Waals surface area contributed by atoms with Crippen LogP contribution in [0.1, 0.15) is 31.9 Å². The number of benzene rings is 1. The van der Waals surface area contributed by atoms with Gasteiger partial charge in [-0.15, -0.1) is 0 Å². The predicted octanol–water partition coefficient (Wildman–Crippen LogP) is 2.40. The first kappa shape index (κ1) is 12.3. The first-order valence-corrected chi connectivity index (χ1v) is 5.57. The van der Waals surface area contributed by atoms with E-state index in [2.05, 4.69) is 39.0 Å². The molecule has 0 saturated carbocycles. The van der Waals surface area contributed by atoms with Crippen LogP contribution in [0, 0.1) is 12.3 Å². The Balaban J connectivity index is 2.98. The molecule has 0 bridgehead atoms. The van der Waals surface area contributed by atoms with Gasteiger partial charge in [-0.3, -0.25) is 0 Å². The molecular weight excluding hydrogens is 183 g/mol. The molecular formula is C13H21BO. The smallest absolute Gasteiger partial charge is 0.320 e. The van der Waals surface area contributed by atoms with Crippen molar-refractivity contribution >= 4 is 12.4 Å². The van der Waals surface area contributed by atoms with Crippen LogP contribution in [0.25, 0.3) is 0 Å². The molecule has 82 valence electrons. The summed E-state index contributed by atoms with van der Waals surface area (Å²) < 4.78 is 0. The van der Waals surface area contributed by atoms with Gasteiger partial charge in [0.25, 0.3) is 0 Å². The van der Waals surface area contributed by atoms with Gasteiger partial charge in [0, 0.05) is 0 Å². The van der Waals surface area contributed by atoms with Gasteiger partial charge in [-0.05, 0) is 29.8 Å². The summed E-state index contributed by atoms with van der Waals surface area (Å²) in [4.78, 5) is 0. The Morgan fingerprint density at radius 1 is 1.27 bits per heavy atom. The summed E-state index contributed by atoms with van der Waals surface area (Å²) in [5, 5.41) is 9.63. The summed E-state index contributed by atoms with van der Waals surface area (Å²) in [7, 11) is 0. The van der Waals surface area contributed by atoms with E-state index in [0.717, 1.165) is 11.9 Å². The lowest BCUT2D eigenvalue weighted by Crippen LogP contribution is -2.29. The fourth-order valence-electron chi connectivity index (χ4n) is 1.86. The molecule has 15 heavy (non-hydrogen) atoms. The second-order valence-electron chi connectivity index (χ2n) is 5.60. The van der Waals surface area contributed by atoms with Gasteiger partial charge in [0.15, 0.2) is 0 Å². The van der Waals surface area contributed by atoms with Crippen molar-refractivity contribution in [1.29, 1.82) is 0 Å². The van der Waals surface area contributed by atoms with Gasteiger partial charge in [-0.1, -0.05) is 51.4 Å². The average molecular weight is 204 g/mol. The highest BCUT2D eigenvalue weighted by atomic mass is 16.2. The Kier molecular flexibility index (Phi) is 3.61. The van der Waals surface area contributed by atoms with E-state index in [4.69, 9.17) is 0 Å². The Morgan fingerprint density at radius 2 is 1.87 bits per heavy atom. The van der Waals surface area contributed by atoms with Crippen LogP contribution < -0.4 is 5.46 Å². The lowest BCUT2D eigenvalue weighted by atomic mass is 9.62.